The summed E-state index contributed by atoms with van der Waals surface area (Å²) in [5.41, 5.74) is -0.139. The molecule has 3 rings (SSSR count). The average Bonchev–Trinajstić information content (AvgIpc) is 3.08. The molecule has 0 radical (unpaired) electrons. The summed E-state index contributed by atoms with van der Waals surface area (Å²) >= 11 is 0. The second kappa shape index (κ2) is 8.20. The molecule has 0 N–H and O–H groups in total. The molecule has 0 aromatic heterocycles. The number of carbonyl (C=O) groups excluding carboxylic acids is 1. The summed E-state index contributed by atoms with van der Waals surface area (Å²) in [6.45, 7) is 0. The summed E-state index contributed by atoms with van der Waals surface area (Å²) in [5, 5.41) is -7.03. The first-order chi connectivity index (χ1) is 15.9. The molecule has 6 nitrogen and oxygen atoms in total. The van der Waals surface area contributed by atoms with Gasteiger partial charge in [-0.2, -0.15) is 47.9 Å². The Bertz CT molecular complexity index is 1240. The predicted octanol–water partition coefficient (Wildman–Crippen LogP) is 5.09. The Morgan fingerprint density at radius 2 is 1.37 bits per heavy atom. The van der Waals surface area contributed by atoms with Crippen molar-refractivity contribution in [1.82, 2.24) is 0 Å². The van der Waals surface area contributed by atoms with Crippen LogP contribution >= 0.6 is 0 Å². The fourth-order valence-electron chi connectivity index (χ4n) is 2.95. The molecular weight excluding hydrogens is 527 g/mol. The normalized spacial score (nSPS) is 17.1. The molecule has 192 valence electrons. The number of methoxy groups -OCH3 is 1. The number of benzene rings is 2. The highest BCUT2D eigenvalue weighted by Crippen LogP contribution is 2.55. The van der Waals surface area contributed by atoms with Gasteiger partial charge in [-0.3, -0.25) is 0 Å². The van der Waals surface area contributed by atoms with Crippen LogP contribution in [0.25, 0.3) is 0 Å². The molecule has 1 unspecified atom stereocenters. The van der Waals surface area contributed by atoms with E-state index in [1.54, 1.807) is 0 Å². The van der Waals surface area contributed by atoms with Gasteiger partial charge in [0.05, 0.1) is 12.7 Å². The lowest BCUT2D eigenvalue weighted by Gasteiger charge is -2.32. The lowest BCUT2D eigenvalue weighted by Crippen LogP contribution is -2.63. The van der Waals surface area contributed by atoms with E-state index in [2.05, 4.69) is 4.18 Å². The molecule has 0 bridgehead atoms. The van der Waals surface area contributed by atoms with Gasteiger partial charge in [0.25, 0.3) is 0 Å². The first-order valence-electron chi connectivity index (χ1n) is 9.00. The van der Waals surface area contributed by atoms with Crippen LogP contribution in [0.5, 0.6) is 11.5 Å². The van der Waals surface area contributed by atoms with Gasteiger partial charge in [0.15, 0.2) is 6.10 Å². The van der Waals surface area contributed by atoms with E-state index in [9.17, 15) is 52.7 Å². The van der Waals surface area contributed by atoms with E-state index >= 15 is 0 Å². The first kappa shape index (κ1) is 26.4. The molecule has 1 aliphatic heterocycles. The van der Waals surface area contributed by atoms with Crippen molar-refractivity contribution in [3.63, 3.8) is 0 Å². The van der Waals surface area contributed by atoms with E-state index in [4.69, 9.17) is 9.47 Å². The zero-order valence-corrected chi connectivity index (χ0v) is 17.7. The Balaban J connectivity index is 1.98. The molecular formula is C19H11F9O6S. The number of cyclic esters (lactones) is 1. The molecule has 2 aromatic rings. The summed E-state index contributed by atoms with van der Waals surface area (Å²) in [6, 6.07) is 7.61. The molecule has 0 fully saturated rings. The maximum Gasteiger partial charge on any atom is 0.460 e. The highest BCUT2D eigenvalue weighted by molar-refractivity contribution is 7.88. The van der Waals surface area contributed by atoms with E-state index in [0.29, 0.717) is 17.9 Å². The summed E-state index contributed by atoms with van der Waals surface area (Å²) in [5.74, 6) is -16.6. The number of hydrogen-bond acceptors (Lipinski definition) is 6. The van der Waals surface area contributed by atoms with Crippen LogP contribution in [0.3, 0.4) is 0 Å². The zero-order chi connectivity index (χ0) is 26.6. The highest BCUT2D eigenvalue weighted by Gasteiger charge is 2.86. The van der Waals surface area contributed by atoms with Gasteiger partial charge < -0.3 is 13.7 Å². The lowest BCUT2D eigenvalue weighted by molar-refractivity contribution is -0.382. The van der Waals surface area contributed by atoms with Crippen LogP contribution in [-0.2, 0) is 14.9 Å². The smallest absolute Gasteiger partial charge is 0.460 e. The monoisotopic (exact) mass is 538 g/mol. The van der Waals surface area contributed by atoms with Crippen LogP contribution < -0.4 is 8.92 Å². The Kier molecular flexibility index (Phi) is 6.20. The minimum absolute atomic E-state index is 0.191. The summed E-state index contributed by atoms with van der Waals surface area (Å²) in [6.07, 6.45) is -8.47. The van der Waals surface area contributed by atoms with Crippen molar-refractivity contribution in [2.45, 2.75) is 29.4 Å². The van der Waals surface area contributed by atoms with Crippen LogP contribution in [0.2, 0.25) is 0 Å². The van der Waals surface area contributed by atoms with E-state index in [0.717, 1.165) is 6.07 Å². The van der Waals surface area contributed by atoms with E-state index in [1.165, 1.54) is 31.4 Å². The Morgan fingerprint density at radius 1 is 0.829 bits per heavy atom. The highest BCUT2D eigenvalue weighted by atomic mass is 32.2. The minimum Gasteiger partial charge on any atom is -0.497 e. The van der Waals surface area contributed by atoms with Crippen molar-refractivity contribution >= 4 is 16.1 Å². The molecule has 0 saturated heterocycles. The van der Waals surface area contributed by atoms with Gasteiger partial charge in [0.2, 0.25) is 0 Å². The number of fused-ring (bicyclic) bond motifs is 1. The molecule has 2 aromatic carbocycles. The van der Waals surface area contributed by atoms with Crippen LogP contribution in [0, 0.1) is 0 Å². The Hall–Kier alpha value is -3.17. The van der Waals surface area contributed by atoms with Gasteiger partial charge in [-0.25, -0.2) is 4.79 Å². The molecule has 0 spiro atoms. The third kappa shape index (κ3) is 4.12. The van der Waals surface area contributed by atoms with Gasteiger partial charge in [-0.05, 0) is 35.9 Å². The zero-order valence-electron chi connectivity index (χ0n) is 16.9. The maximum atomic E-state index is 13.9. The molecule has 1 atom stereocenters. The van der Waals surface area contributed by atoms with Crippen LogP contribution in [0.4, 0.5) is 39.5 Å². The fraction of sp³-hybridized carbons (Fsp3) is 0.316. The molecule has 16 heteroatoms. The number of hydrogen-bond donors (Lipinski definition) is 0. The second-order valence-corrected chi connectivity index (χ2v) is 8.60. The number of ether oxygens (including phenoxy) is 2. The largest absolute Gasteiger partial charge is 0.497 e. The van der Waals surface area contributed by atoms with Crippen LogP contribution in [0.1, 0.15) is 27.6 Å². The Labute approximate surface area is 190 Å². The summed E-state index contributed by atoms with van der Waals surface area (Å²) < 4.78 is 155. The van der Waals surface area contributed by atoms with E-state index < -0.39 is 51.2 Å². The van der Waals surface area contributed by atoms with Gasteiger partial charge in [-0.15, -0.1) is 0 Å². The fourth-order valence-corrected chi connectivity index (χ4v) is 3.86. The van der Waals surface area contributed by atoms with Crippen LogP contribution in [-0.4, -0.2) is 44.8 Å². The molecule has 1 aliphatic rings. The number of alkyl halides is 9. The SMILES string of the molecule is COc1ccc(C2OC(=O)c3ccc(OS(=O)(=O)C(F)(F)C(F)(F)C(F)(F)C(F)(F)F)cc32)cc1. The van der Waals surface area contributed by atoms with Gasteiger partial charge >= 0.3 is 39.4 Å². The van der Waals surface area contributed by atoms with Crippen molar-refractivity contribution in [2.75, 3.05) is 7.11 Å². The molecule has 0 saturated carbocycles. The summed E-state index contributed by atoms with van der Waals surface area (Å²) in [4.78, 5) is 12.0. The maximum absolute atomic E-state index is 13.9. The first-order valence-corrected chi connectivity index (χ1v) is 10.4. The van der Waals surface area contributed by atoms with E-state index in [1.807, 2.05) is 0 Å². The van der Waals surface area contributed by atoms with Crippen molar-refractivity contribution in [3.05, 3.63) is 59.2 Å². The van der Waals surface area contributed by atoms with Crippen molar-refractivity contribution in [1.29, 1.82) is 0 Å². The van der Waals surface area contributed by atoms with Crippen LogP contribution in [0.15, 0.2) is 42.5 Å². The molecule has 1 heterocycles. The third-order valence-electron chi connectivity index (χ3n) is 4.80. The van der Waals surface area contributed by atoms with Crippen molar-refractivity contribution in [2.24, 2.45) is 0 Å². The quantitative estimate of drug-likeness (QED) is 0.278. The Morgan fingerprint density at radius 3 is 1.89 bits per heavy atom. The number of esters is 1. The number of carbonyl (C=O) groups is 1. The molecule has 35 heavy (non-hydrogen) atoms. The number of rotatable bonds is 7. The predicted molar refractivity (Wildman–Crippen MR) is 97.1 cm³/mol. The van der Waals surface area contributed by atoms with Gasteiger partial charge in [0.1, 0.15) is 11.5 Å². The summed E-state index contributed by atoms with van der Waals surface area (Å²) in [7, 11) is -5.79. The molecule has 0 aliphatic carbocycles. The number of halogens is 9. The topological polar surface area (TPSA) is 78.9 Å². The van der Waals surface area contributed by atoms with Crippen molar-refractivity contribution < 1.29 is 66.4 Å². The molecule has 0 amide bonds. The second-order valence-electron chi connectivity index (χ2n) is 7.01. The van der Waals surface area contributed by atoms with Gasteiger partial charge in [-0.1, -0.05) is 12.1 Å². The standard InChI is InChI=1S/C19H11F9O6S/c1-32-10-4-2-9(3-5-10)14-13-8-11(6-7-12(13)15(29)33-14)34-35(30,31)19(27,28)17(22,23)16(20,21)18(24,25)26/h2-8,14H,1H3. The minimum atomic E-state index is -7.45. The average molecular weight is 538 g/mol. The van der Waals surface area contributed by atoms with E-state index in [-0.39, 0.29) is 16.7 Å². The van der Waals surface area contributed by atoms with Gasteiger partial charge in [0, 0.05) is 5.56 Å². The lowest BCUT2D eigenvalue weighted by atomic mass is 9.99. The third-order valence-corrected chi connectivity index (χ3v) is 6.10. The van der Waals surface area contributed by atoms with Crippen molar-refractivity contribution in [3.8, 4) is 11.5 Å².